The van der Waals surface area contributed by atoms with Crippen LogP contribution in [-0.4, -0.2) is 4.98 Å². The summed E-state index contributed by atoms with van der Waals surface area (Å²) in [5, 5.41) is 5.58. The van der Waals surface area contributed by atoms with Gasteiger partial charge in [-0.3, -0.25) is 4.98 Å². The smallest absolute Gasteiger partial charge is 0.0779 e. The van der Waals surface area contributed by atoms with Crippen molar-refractivity contribution in [2.75, 3.05) is 0 Å². The maximum absolute atomic E-state index is 4.99. The lowest BCUT2D eigenvalue weighted by molar-refractivity contribution is 0.681. The Labute approximate surface area is 306 Å². The quantitative estimate of drug-likeness (QED) is 0.207. The lowest BCUT2D eigenvalue weighted by atomic mass is 9.67. The summed E-state index contributed by atoms with van der Waals surface area (Å²) in [6, 6.07) is 31.4. The highest BCUT2D eigenvalue weighted by Crippen LogP contribution is 2.45. The Morgan fingerprint density at radius 3 is 2.15 bits per heavy atom. The van der Waals surface area contributed by atoms with Gasteiger partial charge in [0.05, 0.1) is 5.69 Å². The third kappa shape index (κ3) is 5.18. The summed E-state index contributed by atoms with van der Waals surface area (Å²) in [6.45, 7) is 0. The van der Waals surface area contributed by atoms with Gasteiger partial charge in [0.1, 0.15) is 0 Å². The number of allylic oxidation sites excluding steroid dienone is 16. The average molecular weight is 668 g/mol. The molecule has 0 N–H and O–H groups in total. The van der Waals surface area contributed by atoms with Gasteiger partial charge in [0.15, 0.2) is 0 Å². The zero-order valence-electron chi connectivity index (χ0n) is 29.4. The molecule has 52 heavy (non-hydrogen) atoms. The maximum Gasteiger partial charge on any atom is 0.0779 e. The molecule has 0 spiro atoms. The molecule has 1 nitrogen and oxygen atoms in total. The highest BCUT2D eigenvalue weighted by Gasteiger charge is 2.34. The maximum atomic E-state index is 4.99. The Morgan fingerprint density at radius 2 is 1.31 bits per heavy atom. The van der Waals surface area contributed by atoms with E-state index in [-0.39, 0.29) is 0 Å². The third-order valence-corrected chi connectivity index (χ3v) is 11.9. The Bertz CT molecular complexity index is 2650. The van der Waals surface area contributed by atoms with Gasteiger partial charge in [0.2, 0.25) is 0 Å². The van der Waals surface area contributed by atoms with Crippen LogP contribution >= 0.6 is 0 Å². The lowest BCUT2D eigenvalue weighted by Crippen LogP contribution is -2.42. The second kappa shape index (κ2) is 13.1. The summed E-state index contributed by atoms with van der Waals surface area (Å²) < 4.78 is 0. The van der Waals surface area contributed by atoms with Gasteiger partial charge in [0, 0.05) is 35.1 Å². The summed E-state index contributed by atoms with van der Waals surface area (Å²) >= 11 is 0. The molecule has 10 rings (SSSR count). The molecule has 0 saturated heterocycles. The Balaban J connectivity index is 1.14. The molecular formula is C51H41N. The number of benzene rings is 3. The van der Waals surface area contributed by atoms with E-state index in [2.05, 4.69) is 164 Å². The van der Waals surface area contributed by atoms with Gasteiger partial charge < -0.3 is 0 Å². The number of hydrogen-bond donors (Lipinski definition) is 0. The summed E-state index contributed by atoms with van der Waals surface area (Å²) in [5.41, 5.74) is 15.0. The summed E-state index contributed by atoms with van der Waals surface area (Å²) in [7, 11) is 0. The fraction of sp³-hybridized carbons (Fsp3) is 0.157. The van der Waals surface area contributed by atoms with Crippen LogP contribution in [0.25, 0.3) is 45.1 Å². The summed E-state index contributed by atoms with van der Waals surface area (Å²) in [6.07, 6.45) is 37.5. The molecule has 6 aliphatic carbocycles. The van der Waals surface area contributed by atoms with Crippen molar-refractivity contribution in [2.24, 2.45) is 17.8 Å². The molecule has 0 radical (unpaired) electrons. The first-order chi connectivity index (χ1) is 25.8. The van der Waals surface area contributed by atoms with E-state index in [1.165, 1.54) is 76.6 Å². The first-order valence-corrected chi connectivity index (χ1v) is 19.0. The fourth-order valence-corrected chi connectivity index (χ4v) is 9.60. The van der Waals surface area contributed by atoms with Crippen molar-refractivity contribution in [1.82, 2.24) is 4.98 Å². The van der Waals surface area contributed by atoms with Crippen molar-refractivity contribution in [3.63, 3.8) is 0 Å². The van der Waals surface area contributed by atoms with E-state index in [0.717, 1.165) is 37.8 Å². The van der Waals surface area contributed by atoms with E-state index < -0.39 is 0 Å². The highest BCUT2D eigenvalue weighted by molar-refractivity contribution is 5.95. The van der Waals surface area contributed by atoms with E-state index in [4.69, 9.17) is 4.98 Å². The topological polar surface area (TPSA) is 12.9 Å². The normalized spacial score (nSPS) is 22.6. The van der Waals surface area contributed by atoms with Crippen LogP contribution in [-0.2, 0) is 0 Å². The number of hydrogen-bond acceptors (Lipinski definition) is 1. The number of fused-ring (bicyclic) bond motifs is 4. The first-order valence-electron chi connectivity index (χ1n) is 19.0. The van der Waals surface area contributed by atoms with Gasteiger partial charge in [-0.25, -0.2) is 0 Å². The van der Waals surface area contributed by atoms with Gasteiger partial charge in [-0.2, -0.15) is 0 Å². The first kappa shape index (κ1) is 31.0. The van der Waals surface area contributed by atoms with Crippen molar-refractivity contribution in [1.29, 1.82) is 0 Å². The molecule has 250 valence electrons. The second-order valence-corrected chi connectivity index (χ2v) is 14.7. The Kier molecular flexibility index (Phi) is 7.79. The van der Waals surface area contributed by atoms with Gasteiger partial charge in [-0.1, -0.05) is 158 Å². The van der Waals surface area contributed by atoms with Crippen molar-refractivity contribution in [3.8, 4) is 11.1 Å². The zero-order valence-corrected chi connectivity index (χ0v) is 29.4. The summed E-state index contributed by atoms with van der Waals surface area (Å²) in [5.74, 6) is 1.03. The van der Waals surface area contributed by atoms with Crippen molar-refractivity contribution in [2.45, 2.75) is 32.1 Å². The van der Waals surface area contributed by atoms with Crippen LogP contribution in [0.1, 0.15) is 43.4 Å². The fourth-order valence-electron chi connectivity index (χ4n) is 9.60. The van der Waals surface area contributed by atoms with Crippen molar-refractivity contribution < 1.29 is 0 Å². The molecule has 0 bridgehead atoms. The predicted molar refractivity (Wildman–Crippen MR) is 218 cm³/mol. The molecule has 0 fully saturated rings. The van der Waals surface area contributed by atoms with Crippen LogP contribution < -0.4 is 20.9 Å². The molecule has 3 atom stereocenters. The molecule has 0 saturated carbocycles. The van der Waals surface area contributed by atoms with Crippen molar-refractivity contribution in [3.05, 3.63) is 207 Å². The van der Waals surface area contributed by atoms with Crippen LogP contribution in [0.3, 0.4) is 0 Å². The van der Waals surface area contributed by atoms with Gasteiger partial charge in [0.25, 0.3) is 0 Å². The Morgan fingerprint density at radius 1 is 0.577 bits per heavy atom. The van der Waals surface area contributed by atoms with Crippen LogP contribution in [0.2, 0.25) is 0 Å². The van der Waals surface area contributed by atoms with Crippen LogP contribution in [0.15, 0.2) is 175 Å². The number of nitrogens with zero attached hydrogens (tertiary/aromatic N) is 1. The standard InChI is InChI=1S/C51H41N/c1-2-14-34(15-3-1)38-23-11-25-42-41(38)24-12-26-43(42)50-46-21-8-6-19-44(46)49(45-20-7-9-22-47(45)50)37-31-29-36(30-32-37)40-28-13-33-52-51(40)48-27-10-17-35-16-4-5-18-39(35)48/h1-11,13-16,18-25,27-29,31,33,35,44,46H,12,17,26,30,32H2. The summed E-state index contributed by atoms with van der Waals surface area (Å²) in [4.78, 5) is 4.99. The minimum atomic E-state index is 0.296. The molecule has 3 unspecified atom stereocenters. The average Bonchev–Trinajstić information content (AvgIpc) is 3.22. The van der Waals surface area contributed by atoms with Crippen molar-refractivity contribution >= 4 is 33.9 Å². The van der Waals surface area contributed by atoms with E-state index in [1.54, 1.807) is 0 Å². The third-order valence-electron chi connectivity index (χ3n) is 11.9. The van der Waals surface area contributed by atoms with Gasteiger partial charge in [-0.05, 0) is 104 Å². The molecular weight excluding hydrogens is 627 g/mol. The van der Waals surface area contributed by atoms with E-state index in [1.807, 2.05) is 6.20 Å². The highest BCUT2D eigenvalue weighted by atomic mass is 14.7. The second-order valence-electron chi connectivity index (χ2n) is 14.7. The monoisotopic (exact) mass is 667 g/mol. The molecule has 6 aliphatic rings. The molecule has 1 heteroatoms. The van der Waals surface area contributed by atoms with Gasteiger partial charge in [-0.15, -0.1) is 0 Å². The lowest BCUT2D eigenvalue weighted by Gasteiger charge is -2.36. The van der Waals surface area contributed by atoms with Crippen LogP contribution in [0.5, 0.6) is 0 Å². The number of rotatable bonds is 5. The minimum Gasteiger partial charge on any atom is -0.256 e. The molecule has 1 aromatic heterocycles. The van der Waals surface area contributed by atoms with E-state index in [0.29, 0.717) is 17.8 Å². The zero-order chi connectivity index (χ0) is 34.4. The van der Waals surface area contributed by atoms with Crippen LogP contribution in [0.4, 0.5) is 0 Å². The number of aromatic nitrogens is 1. The Hall–Kier alpha value is -5.79. The molecule has 3 aromatic carbocycles. The minimum absolute atomic E-state index is 0.296. The molecule has 4 aromatic rings. The molecule has 0 amide bonds. The van der Waals surface area contributed by atoms with Gasteiger partial charge >= 0.3 is 0 Å². The van der Waals surface area contributed by atoms with E-state index in [9.17, 15) is 0 Å². The van der Waals surface area contributed by atoms with E-state index >= 15 is 0 Å². The predicted octanol–water partition coefficient (Wildman–Crippen LogP) is 9.11. The van der Waals surface area contributed by atoms with Crippen LogP contribution in [0, 0.1) is 17.8 Å². The largest absolute Gasteiger partial charge is 0.256 e. The molecule has 0 aliphatic heterocycles. The molecule has 1 heterocycles. The number of pyridine rings is 1. The SMILES string of the molecule is C1=CC2=C(c3ncccc3C3=CC=C(C4=c5ccccc5=C(C5=c6cccc(-c7ccccc7)c6=CCC5)C5C=CC=CC45)CC3)C=CCC2C=C1.